The molecule has 0 aliphatic carbocycles. The van der Waals surface area contributed by atoms with Gasteiger partial charge in [-0.15, -0.1) is 0 Å². The van der Waals surface area contributed by atoms with Crippen LogP contribution in [0, 0.1) is 13.8 Å². The molecule has 7 nitrogen and oxygen atoms in total. The number of carbonyl (C=O) groups is 1. The van der Waals surface area contributed by atoms with Crippen molar-refractivity contribution in [1.29, 1.82) is 0 Å². The number of nitrogens with zero attached hydrogens (tertiary/aromatic N) is 2. The summed E-state index contributed by atoms with van der Waals surface area (Å²) in [6, 6.07) is 7.54. The highest BCUT2D eigenvalue weighted by Gasteiger charge is 2.34. The molecular formula is C19H26N4O3. The molecule has 1 amide bonds. The molecule has 1 aliphatic rings. The van der Waals surface area contributed by atoms with E-state index in [9.17, 15) is 9.90 Å². The number of aromatic amines is 1. The summed E-state index contributed by atoms with van der Waals surface area (Å²) < 4.78 is 5.17. The van der Waals surface area contributed by atoms with Gasteiger partial charge in [-0.05, 0) is 44.4 Å². The van der Waals surface area contributed by atoms with E-state index < -0.39 is 5.60 Å². The number of ether oxygens (including phenoxy) is 1. The topological polar surface area (TPSA) is 90.5 Å². The second kappa shape index (κ2) is 7.47. The molecule has 3 N–H and O–H groups in total. The van der Waals surface area contributed by atoms with Crippen LogP contribution in [-0.4, -0.2) is 52.9 Å². The maximum atomic E-state index is 12.3. The Morgan fingerprint density at radius 2 is 1.96 bits per heavy atom. The summed E-state index contributed by atoms with van der Waals surface area (Å²) >= 11 is 0. The number of H-pyrrole nitrogens is 1. The molecular weight excluding hydrogens is 332 g/mol. The molecule has 2 aromatic rings. The first-order chi connectivity index (χ1) is 12.4. The fourth-order valence-electron chi connectivity index (χ4n) is 3.39. The number of aliphatic hydroxyl groups is 1. The molecule has 1 aromatic carbocycles. The van der Waals surface area contributed by atoms with Crippen LogP contribution in [0.3, 0.4) is 0 Å². The van der Waals surface area contributed by atoms with Gasteiger partial charge >= 0.3 is 0 Å². The molecule has 0 atom stereocenters. The molecule has 0 bridgehead atoms. The highest BCUT2D eigenvalue weighted by atomic mass is 16.5. The Morgan fingerprint density at radius 1 is 1.31 bits per heavy atom. The lowest BCUT2D eigenvalue weighted by atomic mass is 9.84. The Morgan fingerprint density at radius 3 is 2.50 bits per heavy atom. The van der Waals surface area contributed by atoms with E-state index in [0.29, 0.717) is 32.5 Å². The third-order valence-corrected chi connectivity index (χ3v) is 5.07. The molecule has 7 heteroatoms. The number of hydrogen-bond acceptors (Lipinski definition) is 5. The van der Waals surface area contributed by atoms with Gasteiger partial charge < -0.3 is 15.2 Å². The number of methoxy groups -OCH3 is 1. The largest absolute Gasteiger partial charge is 0.497 e. The number of hydrogen-bond donors (Lipinski definition) is 3. The maximum Gasteiger partial charge on any atom is 0.238 e. The smallest absolute Gasteiger partial charge is 0.238 e. The van der Waals surface area contributed by atoms with E-state index in [1.54, 1.807) is 7.11 Å². The SMILES string of the molecule is COc1ccc(C2(O)CCN(CC(=O)Nc3c(C)n[nH]c3C)CC2)cc1. The predicted molar refractivity (Wildman–Crippen MR) is 99.3 cm³/mol. The molecule has 3 rings (SSSR count). The van der Waals surface area contributed by atoms with Gasteiger partial charge in [0.25, 0.3) is 0 Å². The van der Waals surface area contributed by atoms with Crippen molar-refractivity contribution in [3.8, 4) is 5.75 Å². The van der Waals surface area contributed by atoms with Crippen molar-refractivity contribution >= 4 is 11.6 Å². The number of rotatable bonds is 5. The Kier molecular flexibility index (Phi) is 5.29. The van der Waals surface area contributed by atoms with Crippen LogP contribution in [0.5, 0.6) is 5.75 Å². The summed E-state index contributed by atoms with van der Waals surface area (Å²) in [5, 5.41) is 20.8. The van der Waals surface area contributed by atoms with Gasteiger partial charge in [0.1, 0.15) is 5.75 Å². The van der Waals surface area contributed by atoms with Crippen LogP contribution < -0.4 is 10.1 Å². The van der Waals surface area contributed by atoms with Crippen LogP contribution in [0.4, 0.5) is 5.69 Å². The second-order valence-electron chi connectivity index (χ2n) is 6.89. The van der Waals surface area contributed by atoms with Gasteiger partial charge in [-0.2, -0.15) is 5.10 Å². The molecule has 0 radical (unpaired) electrons. The van der Waals surface area contributed by atoms with E-state index in [1.807, 2.05) is 38.1 Å². The van der Waals surface area contributed by atoms with Crippen molar-refractivity contribution in [3.05, 3.63) is 41.2 Å². The van der Waals surface area contributed by atoms with E-state index in [2.05, 4.69) is 20.4 Å². The minimum Gasteiger partial charge on any atom is -0.497 e. The first-order valence-corrected chi connectivity index (χ1v) is 8.82. The molecule has 1 aliphatic heterocycles. The van der Waals surface area contributed by atoms with Crippen LogP contribution in [-0.2, 0) is 10.4 Å². The average molecular weight is 358 g/mol. The zero-order valence-electron chi connectivity index (χ0n) is 15.5. The number of benzene rings is 1. The lowest BCUT2D eigenvalue weighted by molar-refractivity contribution is -0.118. The summed E-state index contributed by atoms with van der Waals surface area (Å²) in [5.41, 5.74) is 2.43. The van der Waals surface area contributed by atoms with Crippen LogP contribution in [0.15, 0.2) is 24.3 Å². The van der Waals surface area contributed by atoms with Crippen LogP contribution >= 0.6 is 0 Å². The number of aryl methyl sites for hydroxylation is 2. The molecule has 0 unspecified atom stereocenters. The molecule has 1 aromatic heterocycles. The van der Waals surface area contributed by atoms with E-state index in [0.717, 1.165) is 28.4 Å². The van der Waals surface area contributed by atoms with Crippen molar-refractivity contribution in [3.63, 3.8) is 0 Å². The average Bonchev–Trinajstić information content (AvgIpc) is 2.96. The van der Waals surface area contributed by atoms with E-state index in [1.165, 1.54) is 0 Å². The standard InChI is InChI=1S/C19H26N4O3/c1-13-18(14(2)22-21-13)20-17(24)12-23-10-8-19(25,9-11-23)15-4-6-16(26-3)7-5-15/h4-7,25H,8-12H2,1-3H3,(H,20,24)(H,21,22). The van der Waals surface area contributed by atoms with Gasteiger partial charge in [0.15, 0.2) is 0 Å². The highest BCUT2D eigenvalue weighted by Crippen LogP contribution is 2.33. The van der Waals surface area contributed by atoms with Gasteiger partial charge in [-0.25, -0.2) is 0 Å². The first kappa shape index (κ1) is 18.4. The Balaban J connectivity index is 1.55. The number of amides is 1. The van der Waals surface area contributed by atoms with Crippen molar-refractivity contribution in [2.75, 3.05) is 32.1 Å². The quantitative estimate of drug-likeness (QED) is 0.760. The van der Waals surface area contributed by atoms with Gasteiger partial charge in [-0.1, -0.05) is 12.1 Å². The maximum absolute atomic E-state index is 12.3. The summed E-state index contributed by atoms with van der Waals surface area (Å²) in [6.07, 6.45) is 1.19. The molecule has 26 heavy (non-hydrogen) atoms. The zero-order chi connectivity index (χ0) is 18.7. The highest BCUT2D eigenvalue weighted by molar-refractivity contribution is 5.93. The van der Waals surface area contributed by atoms with Crippen molar-refractivity contribution < 1.29 is 14.6 Å². The third kappa shape index (κ3) is 3.89. The number of piperidine rings is 1. The first-order valence-electron chi connectivity index (χ1n) is 8.82. The number of likely N-dealkylation sites (tertiary alicyclic amines) is 1. The molecule has 1 saturated heterocycles. The molecule has 0 saturated carbocycles. The van der Waals surface area contributed by atoms with Gasteiger partial charge in [0, 0.05) is 13.1 Å². The van der Waals surface area contributed by atoms with Crippen LogP contribution in [0.25, 0.3) is 0 Å². The van der Waals surface area contributed by atoms with E-state index >= 15 is 0 Å². The van der Waals surface area contributed by atoms with Gasteiger partial charge in [0.2, 0.25) is 5.91 Å². The van der Waals surface area contributed by atoms with Gasteiger partial charge in [0.05, 0.1) is 36.3 Å². The predicted octanol–water partition coefficient (Wildman–Crippen LogP) is 1.96. The Labute approximate surface area is 153 Å². The van der Waals surface area contributed by atoms with Crippen molar-refractivity contribution in [1.82, 2.24) is 15.1 Å². The summed E-state index contributed by atoms with van der Waals surface area (Å²) in [4.78, 5) is 14.4. The van der Waals surface area contributed by atoms with Crippen LogP contribution in [0.1, 0.15) is 29.8 Å². The minimum absolute atomic E-state index is 0.0625. The molecule has 140 valence electrons. The number of aromatic nitrogens is 2. The lowest BCUT2D eigenvalue weighted by Gasteiger charge is -2.38. The van der Waals surface area contributed by atoms with Crippen molar-refractivity contribution in [2.45, 2.75) is 32.3 Å². The summed E-state index contributed by atoms with van der Waals surface area (Å²) in [6.45, 7) is 5.38. The third-order valence-electron chi connectivity index (χ3n) is 5.07. The van der Waals surface area contributed by atoms with E-state index in [-0.39, 0.29) is 5.91 Å². The molecule has 1 fully saturated rings. The molecule has 2 heterocycles. The summed E-state index contributed by atoms with van der Waals surface area (Å²) in [7, 11) is 1.62. The normalized spacial score (nSPS) is 17.1. The summed E-state index contributed by atoms with van der Waals surface area (Å²) in [5.74, 6) is 0.712. The van der Waals surface area contributed by atoms with Gasteiger partial charge in [-0.3, -0.25) is 14.8 Å². The fraction of sp³-hybridized carbons (Fsp3) is 0.474. The zero-order valence-corrected chi connectivity index (χ0v) is 15.5. The lowest BCUT2D eigenvalue weighted by Crippen LogP contribution is -2.45. The fourth-order valence-corrected chi connectivity index (χ4v) is 3.39. The Hall–Kier alpha value is -2.38. The number of nitrogens with one attached hydrogen (secondary N) is 2. The molecule has 0 spiro atoms. The van der Waals surface area contributed by atoms with Crippen molar-refractivity contribution in [2.24, 2.45) is 0 Å². The number of anilines is 1. The minimum atomic E-state index is -0.850. The Bertz CT molecular complexity index is 742. The monoisotopic (exact) mass is 358 g/mol. The number of carbonyl (C=O) groups excluding carboxylic acids is 1. The second-order valence-corrected chi connectivity index (χ2v) is 6.89. The van der Waals surface area contributed by atoms with Crippen LogP contribution in [0.2, 0.25) is 0 Å². The van der Waals surface area contributed by atoms with E-state index in [4.69, 9.17) is 4.74 Å².